The molecule has 0 amide bonds. The van der Waals surface area contributed by atoms with Gasteiger partial charge in [-0.2, -0.15) is 13.2 Å². The SMILES string of the molecule is COCn1nnc(COCc2nc(C(F)(F)F)ccc2C(=O)O)n1. The molecular formula is C12H12F3N5O4. The second-order valence-corrected chi connectivity index (χ2v) is 4.48. The van der Waals surface area contributed by atoms with Gasteiger partial charge < -0.3 is 14.6 Å². The fourth-order valence-corrected chi connectivity index (χ4v) is 1.71. The fraction of sp³-hybridized carbons (Fsp3) is 0.417. The van der Waals surface area contributed by atoms with Crippen LogP contribution in [-0.4, -0.2) is 43.4 Å². The van der Waals surface area contributed by atoms with Crippen LogP contribution < -0.4 is 0 Å². The van der Waals surface area contributed by atoms with Crippen LogP contribution in [0.3, 0.4) is 0 Å². The number of methoxy groups -OCH3 is 1. The molecule has 24 heavy (non-hydrogen) atoms. The Balaban J connectivity index is 2.08. The lowest BCUT2D eigenvalue weighted by Gasteiger charge is -2.10. The second-order valence-electron chi connectivity index (χ2n) is 4.48. The number of carboxylic acids is 1. The van der Waals surface area contributed by atoms with Gasteiger partial charge in [-0.3, -0.25) is 0 Å². The van der Waals surface area contributed by atoms with Gasteiger partial charge in [0.05, 0.1) is 17.9 Å². The number of carbonyl (C=O) groups is 1. The van der Waals surface area contributed by atoms with E-state index in [1.54, 1.807) is 0 Å². The van der Waals surface area contributed by atoms with Gasteiger partial charge in [-0.25, -0.2) is 9.78 Å². The Hall–Kier alpha value is -2.60. The van der Waals surface area contributed by atoms with Crippen LogP contribution in [0, 0.1) is 0 Å². The highest BCUT2D eigenvalue weighted by Gasteiger charge is 2.33. The van der Waals surface area contributed by atoms with Crippen LogP contribution in [0.4, 0.5) is 13.2 Å². The molecule has 0 saturated heterocycles. The molecule has 0 bridgehead atoms. The Labute approximate surface area is 133 Å². The summed E-state index contributed by atoms with van der Waals surface area (Å²) in [4.78, 5) is 15.5. The van der Waals surface area contributed by atoms with Gasteiger partial charge in [0, 0.05) is 7.11 Å². The molecule has 130 valence electrons. The number of rotatable bonds is 7. The number of halogens is 3. The molecule has 0 fully saturated rings. The quantitative estimate of drug-likeness (QED) is 0.792. The van der Waals surface area contributed by atoms with Crippen molar-refractivity contribution >= 4 is 5.97 Å². The van der Waals surface area contributed by atoms with Crippen molar-refractivity contribution in [2.24, 2.45) is 0 Å². The summed E-state index contributed by atoms with van der Waals surface area (Å²) in [5, 5.41) is 20.2. The van der Waals surface area contributed by atoms with Gasteiger partial charge in [-0.05, 0) is 17.3 Å². The Bertz CT molecular complexity index is 719. The Morgan fingerprint density at radius 2 is 2.08 bits per heavy atom. The van der Waals surface area contributed by atoms with Crippen LogP contribution in [0.5, 0.6) is 0 Å². The van der Waals surface area contributed by atoms with Crippen LogP contribution in [-0.2, 0) is 35.6 Å². The molecule has 1 N–H and O–H groups in total. The van der Waals surface area contributed by atoms with E-state index in [4.69, 9.17) is 14.6 Å². The van der Waals surface area contributed by atoms with Gasteiger partial charge in [0.25, 0.3) is 0 Å². The highest BCUT2D eigenvalue weighted by Crippen LogP contribution is 2.28. The van der Waals surface area contributed by atoms with Gasteiger partial charge in [0.15, 0.2) is 12.6 Å². The molecule has 0 unspecified atom stereocenters. The van der Waals surface area contributed by atoms with Crippen LogP contribution in [0.15, 0.2) is 12.1 Å². The normalized spacial score (nSPS) is 11.7. The lowest BCUT2D eigenvalue weighted by atomic mass is 10.1. The number of hydrogen-bond donors (Lipinski definition) is 1. The van der Waals surface area contributed by atoms with Crippen molar-refractivity contribution < 1.29 is 32.5 Å². The summed E-state index contributed by atoms with van der Waals surface area (Å²) in [6, 6.07) is 1.44. The Morgan fingerprint density at radius 3 is 2.71 bits per heavy atom. The Kier molecular flexibility index (Phi) is 5.41. The molecule has 0 atom stereocenters. The van der Waals surface area contributed by atoms with Crippen molar-refractivity contribution in [3.05, 3.63) is 34.9 Å². The number of ether oxygens (including phenoxy) is 2. The molecule has 0 spiro atoms. The summed E-state index contributed by atoms with van der Waals surface area (Å²) >= 11 is 0. The van der Waals surface area contributed by atoms with Crippen LogP contribution in [0.25, 0.3) is 0 Å². The summed E-state index contributed by atoms with van der Waals surface area (Å²) in [6.07, 6.45) is -4.68. The molecule has 9 nitrogen and oxygen atoms in total. The third-order valence-corrected chi connectivity index (χ3v) is 2.70. The van der Waals surface area contributed by atoms with E-state index in [9.17, 15) is 18.0 Å². The number of alkyl halides is 3. The van der Waals surface area contributed by atoms with E-state index in [2.05, 4.69) is 20.4 Å². The molecule has 12 heteroatoms. The molecule has 2 heterocycles. The zero-order chi connectivity index (χ0) is 17.7. The van der Waals surface area contributed by atoms with Crippen molar-refractivity contribution in [1.29, 1.82) is 0 Å². The highest BCUT2D eigenvalue weighted by atomic mass is 19.4. The minimum absolute atomic E-state index is 0.0747. The van der Waals surface area contributed by atoms with Crippen molar-refractivity contribution in [2.75, 3.05) is 7.11 Å². The van der Waals surface area contributed by atoms with Gasteiger partial charge in [0.2, 0.25) is 0 Å². The minimum atomic E-state index is -4.68. The number of tetrazole rings is 1. The largest absolute Gasteiger partial charge is 0.478 e. The van der Waals surface area contributed by atoms with E-state index in [0.29, 0.717) is 6.07 Å². The standard InChI is InChI=1S/C12H12F3N5O4/c1-23-6-20-18-10(17-19-20)5-24-4-8-7(11(21)22)2-3-9(16-8)12(13,14)15/h2-3H,4-6H2,1H3,(H,21,22). The first-order valence-corrected chi connectivity index (χ1v) is 6.45. The summed E-state index contributed by atoms with van der Waals surface area (Å²) in [5.41, 5.74) is -1.92. The zero-order valence-electron chi connectivity index (χ0n) is 12.3. The van der Waals surface area contributed by atoms with E-state index in [1.807, 2.05) is 0 Å². The van der Waals surface area contributed by atoms with Crippen LogP contribution in [0.2, 0.25) is 0 Å². The predicted octanol–water partition coefficient (Wildman–Crippen LogP) is 1.11. The van der Waals surface area contributed by atoms with E-state index < -0.39 is 24.4 Å². The summed E-state index contributed by atoms with van der Waals surface area (Å²) < 4.78 is 47.9. The molecule has 0 radical (unpaired) electrons. The molecule has 0 aromatic carbocycles. The lowest BCUT2D eigenvalue weighted by Crippen LogP contribution is -2.14. The van der Waals surface area contributed by atoms with E-state index in [0.717, 1.165) is 10.9 Å². The minimum Gasteiger partial charge on any atom is -0.478 e. The van der Waals surface area contributed by atoms with Crippen LogP contribution in [0.1, 0.15) is 27.6 Å². The maximum atomic E-state index is 12.7. The average molecular weight is 347 g/mol. The second kappa shape index (κ2) is 7.31. The Morgan fingerprint density at radius 1 is 1.33 bits per heavy atom. The molecule has 0 aliphatic heterocycles. The molecule has 0 aliphatic carbocycles. The van der Waals surface area contributed by atoms with Crippen molar-refractivity contribution in [3.63, 3.8) is 0 Å². The number of hydrogen-bond acceptors (Lipinski definition) is 7. The molecular weight excluding hydrogens is 335 g/mol. The van der Waals surface area contributed by atoms with Gasteiger partial charge in [-0.1, -0.05) is 0 Å². The van der Waals surface area contributed by atoms with Gasteiger partial charge >= 0.3 is 12.1 Å². The number of aromatic carboxylic acids is 1. The van der Waals surface area contributed by atoms with Gasteiger partial charge in [0.1, 0.15) is 12.3 Å². The number of nitrogens with zero attached hydrogens (tertiary/aromatic N) is 5. The monoisotopic (exact) mass is 347 g/mol. The van der Waals surface area contributed by atoms with E-state index in [1.165, 1.54) is 7.11 Å². The summed E-state index contributed by atoms with van der Waals surface area (Å²) in [5.74, 6) is -1.24. The zero-order valence-corrected chi connectivity index (χ0v) is 12.3. The van der Waals surface area contributed by atoms with Crippen molar-refractivity contribution in [1.82, 2.24) is 25.2 Å². The third-order valence-electron chi connectivity index (χ3n) is 2.70. The van der Waals surface area contributed by atoms with E-state index in [-0.39, 0.29) is 30.4 Å². The molecule has 0 saturated carbocycles. The highest BCUT2D eigenvalue weighted by molar-refractivity contribution is 5.88. The maximum absolute atomic E-state index is 12.7. The molecule has 0 aliphatic rings. The number of aromatic nitrogens is 5. The molecule has 2 rings (SSSR count). The smallest absolute Gasteiger partial charge is 0.433 e. The van der Waals surface area contributed by atoms with Crippen molar-refractivity contribution in [3.8, 4) is 0 Å². The first-order valence-electron chi connectivity index (χ1n) is 6.45. The molecule has 2 aromatic heterocycles. The number of carboxylic acid groups (broad SMARTS) is 1. The first kappa shape index (κ1) is 17.7. The first-order chi connectivity index (χ1) is 11.3. The number of pyridine rings is 1. The van der Waals surface area contributed by atoms with E-state index >= 15 is 0 Å². The van der Waals surface area contributed by atoms with Gasteiger partial charge in [-0.15, -0.1) is 15.0 Å². The maximum Gasteiger partial charge on any atom is 0.433 e. The lowest BCUT2D eigenvalue weighted by molar-refractivity contribution is -0.141. The summed E-state index contributed by atoms with van der Waals surface area (Å²) in [7, 11) is 1.44. The predicted molar refractivity (Wildman–Crippen MR) is 69.5 cm³/mol. The summed E-state index contributed by atoms with van der Waals surface area (Å²) in [6.45, 7) is -0.559. The topological polar surface area (TPSA) is 112 Å². The van der Waals surface area contributed by atoms with Crippen molar-refractivity contribution in [2.45, 2.75) is 26.1 Å². The molecule has 2 aromatic rings. The third kappa shape index (κ3) is 4.45. The fourth-order valence-electron chi connectivity index (χ4n) is 1.71. The van der Waals surface area contributed by atoms with Crippen LogP contribution >= 0.6 is 0 Å². The average Bonchev–Trinajstić information content (AvgIpc) is 2.94.